The summed E-state index contributed by atoms with van der Waals surface area (Å²) < 4.78 is 0.960. The summed E-state index contributed by atoms with van der Waals surface area (Å²) in [4.78, 5) is 11.7. The molecule has 0 saturated carbocycles. The van der Waals surface area contributed by atoms with Crippen molar-refractivity contribution in [1.82, 2.24) is 5.32 Å². The van der Waals surface area contributed by atoms with E-state index in [0.717, 1.165) is 22.9 Å². The number of unbranched alkanes of at least 4 members (excludes halogenated alkanes) is 1. The highest BCUT2D eigenvalue weighted by atomic mass is 79.9. The maximum absolute atomic E-state index is 11.7. The van der Waals surface area contributed by atoms with E-state index in [1.54, 1.807) is 0 Å². The molecule has 0 aliphatic carbocycles. The Kier molecular flexibility index (Phi) is 5.49. The van der Waals surface area contributed by atoms with Gasteiger partial charge in [-0.1, -0.05) is 22.0 Å². The molecule has 0 radical (unpaired) electrons. The molecule has 0 fully saturated rings. The highest BCUT2D eigenvalue weighted by molar-refractivity contribution is 9.10. The first-order chi connectivity index (χ1) is 7.65. The Morgan fingerprint density at radius 3 is 2.81 bits per heavy atom. The van der Waals surface area contributed by atoms with Gasteiger partial charge in [-0.25, -0.2) is 0 Å². The SMILES string of the molecule is Cc1ccc(C(=O)NCCCCN)cc1Br. The average molecular weight is 285 g/mol. The summed E-state index contributed by atoms with van der Waals surface area (Å²) in [6, 6.07) is 5.60. The Hall–Kier alpha value is -0.870. The molecule has 0 heterocycles. The van der Waals surface area contributed by atoms with Gasteiger partial charge >= 0.3 is 0 Å². The Labute approximate surface area is 105 Å². The van der Waals surface area contributed by atoms with Crippen LogP contribution in [0.25, 0.3) is 0 Å². The summed E-state index contributed by atoms with van der Waals surface area (Å²) >= 11 is 3.41. The second-order valence-electron chi connectivity index (χ2n) is 3.72. The molecule has 0 aromatic heterocycles. The van der Waals surface area contributed by atoms with E-state index in [9.17, 15) is 4.79 Å². The smallest absolute Gasteiger partial charge is 0.251 e. The van der Waals surface area contributed by atoms with Crippen LogP contribution in [-0.2, 0) is 0 Å². The molecule has 16 heavy (non-hydrogen) atoms. The first kappa shape index (κ1) is 13.2. The van der Waals surface area contributed by atoms with Crippen LogP contribution in [-0.4, -0.2) is 19.0 Å². The largest absolute Gasteiger partial charge is 0.352 e. The molecule has 0 aliphatic heterocycles. The Morgan fingerprint density at radius 1 is 1.44 bits per heavy atom. The first-order valence-corrected chi connectivity index (χ1v) is 6.19. The van der Waals surface area contributed by atoms with Crippen molar-refractivity contribution in [2.45, 2.75) is 19.8 Å². The quantitative estimate of drug-likeness (QED) is 0.815. The van der Waals surface area contributed by atoms with E-state index < -0.39 is 0 Å². The molecule has 4 heteroatoms. The number of rotatable bonds is 5. The van der Waals surface area contributed by atoms with Crippen LogP contribution in [0.1, 0.15) is 28.8 Å². The minimum atomic E-state index is -0.0299. The molecule has 3 nitrogen and oxygen atoms in total. The lowest BCUT2D eigenvalue weighted by Crippen LogP contribution is -2.24. The van der Waals surface area contributed by atoms with Crippen molar-refractivity contribution in [2.24, 2.45) is 5.73 Å². The fraction of sp³-hybridized carbons (Fsp3) is 0.417. The Balaban J connectivity index is 2.50. The fourth-order valence-corrected chi connectivity index (χ4v) is 1.69. The highest BCUT2D eigenvalue weighted by Gasteiger charge is 2.05. The summed E-state index contributed by atoms with van der Waals surface area (Å²) in [6.07, 6.45) is 1.87. The number of carbonyl (C=O) groups excluding carboxylic acids is 1. The van der Waals surface area contributed by atoms with E-state index in [1.165, 1.54) is 0 Å². The van der Waals surface area contributed by atoms with Crippen LogP contribution in [0, 0.1) is 6.92 Å². The third kappa shape index (κ3) is 3.94. The molecule has 0 saturated heterocycles. The standard InChI is InChI=1S/C12H17BrN2O/c1-9-4-5-10(8-11(9)13)12(16)15-7-3-2-6-14/h4-5,8H,2-3,6-7,14H2,1H3,(H,15,16). The molecule has 1 rings (SSSR count). The van der Waals surface area contributed by atoms with E-state index in [0.29, 0.717) is 18.7 Å². The minimum absolute atomic E-state index is 0.0299. The van der Waals surface area contributed by atoms with Crippen LogP contribution >= 0.6 is 15.9 Å². The van der Waals surface area contributed by atoms with Gasteiger partial charge in [0.1, 0.15) is 0 Å². The van der Waals surface area contributed by atoms with Gasteiger partial charge in [0, 0.05) is 16.6 Å². The highest BCUT2D eigenvalue weighted by Crippen LogP contribution is 2.17. The lowest BCUT2D eigenvalue weighted by molar-refractivity contribution is 0.0953. The van der Waals surface area contributed by atoms with Gasteiger partial charge in [-0.3, -0.25) is 4.79 Å². The van der Waals surface area contributed by atoms with Gasteiger partial charge in [-0.05, 0) is 44.0 Å². The molecule has 0 atom stereocenters. The van der Waals surface area contributed by atoms with Crippen LogP contribution in [0.3, 0.4) is 0 Å². The summed E-state index contributed by atoms with van der Waals surface area (Å²) in [5.41, 5.74) is 7.18. The molecule has 1 aromatic carbocycles. The zero-order chi connectivity index (χ0) is 12.0. The number of aryl methyl sites for hydroxylation is 1. The Morgan fingerprint density at radius 2 is 2.19 bits per heavy atom. The van der Waals surface area contributed by atoms with Gasteiger partial charge in [0.05, 0.1) is 0 Å². The lowest BCUT2D eigenvalue weighted by atomic mass is 10.1. The van der Waals surface area contributed by atoms with Gasteiger partial charge in [0.15, 0.2) is 0 Å². The average Bonchev–Trinajstić information content (AvgIpc) is 2.28. The normalized spacial score (nSPS) is 10.2. The molecule has 0 unspecified atom stereocenters. The predicted molar refractivity (Wildman–Crippen MR) is 69.5 cm³/mol. The van der Waals surface area contributed by atoms with Crippen molar-refractivity contribution in [3.05, 3.63) is 33.8 Å². The summed E-state index contributed by atoms with van der Waals surface area (Å²) in [7, 11) is 0. The molecular formula is C12H17BrN2O. The van der Waals surface area contributed by atoms with Crippen molar-refractivity contribution in [2.75, 3.05) is 13.1 Å². The molecule has 1 amide bonds. The van der Waals surface area contributed by atoms with E-state index in [-0.39, 0.29) is 5.91 Å². The van der Waals surface area contributed by atoms with Gasteiger partial charge in [-0.15, -0.1) is 0 Å². The molecule has 0 bridgehead atoms. The molecule has 3 N–H and O–H groups in total. The second-order valence-corrected chi connectivity index (χ2v) is 4.57. The molecule has 88 valence electrons. The first-order valence-electron chi connectivity index (χ1n) is 5.39. The predicted octanol–water partition coefficient (Wildman–Crippen LogP) is 2.23. The van der Waals surface area contributed by atoms with Crippen LogP contribution < -0.4 is 11.1 Å². The molecule has 0 spiro atoms. The number of nitrogens with two attached hydrogens (primary N) is 1. The number of halogens is 1. The molecule has 1 aromatic rings. The van der Waals surface area contributed by atoms with Crippen molar-refractivity contribution in [3.8, 4) is 0 Å². The van der Waals surface area contributed by atoms with E-state index in [1.807, 2.05) is 25.1 Å². The summed E-state index contributed by atoms with van der Waals surface area (Å²) in [5, 5.41) is 2.87. The zero-order valence-electron chi connectivity index (χ0n) is 9.42. The summed E-state index contributed by atoms with van der Waals surface area (Å²) in [5.74, 6) is -0.0299. The minimum Gasteiger partial charge on any atom is -0.352 e. The maximum atomic E-state index is 11.7. The third-order valence-corrected chi connectivity index (χ3v) is 3.20. The van der Waals surface area contributed by atoms with E-state index in [2.05, 4.69) is 21.2 Å². The number of carbonyl (C=O) groups is 1. The fourth-order valence-electron chi connectivity index (χ4n) is 1.31. The van der Waals surface area contributed by atoms with Crippen LogP contribution in [0.4, 0.5) is 0 Å². The Bertz CT molecular complexity index is 366. The number of hydrogen-bond donors (Lipinski definition) is 2. The number of benzene rings is 1. The second kappa shape index (κ2) is 6.66. The van der Waals surface area contributed by atoms with Crippen molar-refractivity contribution in [3.63, 3.8) is 0 Å². The van der Waals surface area contributed by atoms with E-state index >= 15 is 0 Å². The van der Waals surface area contributed by atoms with E-state index in [4.69, 9.17) is 5.73 Å². The lowest BCUT2D eigenvalue weighted by Gasteiger charge is -2.06. The van der Waals surface area contributed by atoms with Gasteiger partial charge in [0.2, 0.25) is 0 Å². The van der Waals surface area contributed by atoms with Gasteiger partial charge in [0.25, 0.3) is 5.91 Å². The number of amides is 1. The maximum Gasteiger partial charge on any atom is 0.251 e. The monoisotopic (exact) mass is 284 g/mol. The van der Waals surface area contributed by atoms with Gasteiger partial charge in [-0.2, -0.15) is 0 Å². The summed E-state index contributed by atoms with van der Waals surface area (Å²) in [6.45, 7) is 3.35. The van der Waals surface area contributed by atoms with Crippen LogP contribution in [0.2, 0.25) is 0 Å². The number of nitrogens with one attached hydrogen (secondary N) is 1. The topological polar surface area (TPSA) is 55.1 Å². The van der Waals surface area contributed by atoms with Crippen molar-refractivity contribution in [1.29, 1.82) is 0 Å². The van der Waals surface area contributed by atoms with Crippen LogP contribution in [0.5, 0.6) is 0 Å². The number of hydrogen-bond acceptors (Lipinski definition) is 2. The zero-order valence-corrected chi connectivity index (χ0v) is 11.0. The molecular weight excluding hydrogens is 268 g/mol. The van der Waals surface area contributed by atoms with Crippen molar-refractivity contribution >= 4 is 21.8 Å². The third-order valence-electron chi connectivity index (χ3n) is 2.35. The van der Waals surface area contributed by atoms with Gasteiger partial charge < -0.3 is 11.1 Å². The molecule has 0 aliphatic rings. The van der Waals surface area contributed by atoms with Crippen LogP contribution in [0.15, 0.2) is 22.7 Å². The van der Waals surface area contributed by atoms with Crippen molar-refractivity contribution < 1.29 is 4.79 Å².